The van der Waals surface area contributed by atoms with E-state index in [4.69, 9.17) is 28.0 Å². The Kier molecular flexibility index (Phi) is 5.96. The first-order valence-corrected chi connectivity index (χ1v) is 11.3. The number of benzene rings is 2. The zero-order valence-electron chi connectivity index (χ0n) is 16.6. The number of nitrogens with zero attached hydrogens (tertiary/aromatic N) is 2. The lowest BCUT2D eigenvalue weighted by Gasteiger charge is -2.22. The van der Waals surface area contributed by atoms with E-state index in [0.717, 1.165) is 33.7 Å². The van der Waals surface area contributed by atoms with Gasteiger partial charge in [0.1, 0.15) is 0 Å². The Morgan fingerprint density at radius 1 is 1.20 bits per heavy atom. The van der Waals surface area contributed by atoms with Crippen LogP contribution in [-0.2, 0) is 16.9 Å². The maximum absolute atomic E-state index is 12.6. The summed E-state index contributed by atoms with van der Waals surface area (Å²) in [5.41, 5.74) is 6.42. The van der Waals surface area contributed by atoms with E-state index in [9.17, 15) is 4.79 Å². The molecule has 2 aromatic carbocycles. The normalized spacial score (nSPS) is 18.2. The SMILES string of the molecule is Cc1cc(C2=NOC(C)(c3cc(Cl)cc(Cl)c3)C2)ccc1C(=O)CCc1cscn1. The molecular formula is C23H20Cl2N2O2S. The minimum Gasteiger partial charge on any atom is -0.384 e. The van der Waals surface area contributed by atoms with Crippen LogP contribution in [0.1, 0.15) is 52.5 Å². The molecule has 4 nitrogen and oxygen atoms in total. The number of hydrogen-bond acceptors (Lipinski definition) is 5. The molecule has 0 saturated heterocycles. The number of rotatable bonds is 6. The van der Waals surface area contributed by atoms with Crippen molar-refractivity contribution < 1.29 is 9.63 Å². The predicted octanol–water partition coefficient (Wildman–Crippen LogP) is 6.61. The number of thiazole rings is 1. The van der Waals surface area contributed by atoms with Gasteiger partial charge in [0.25, 0.3) is 0 Å². The highest BCUT2D eigenvalue weighted by atomic mass is 35.5. The maximum Gasteiger partial charge on any atom is 0.165 e. The van der Waals surface area contributed by atoms with Crippen molar-refractivity contribution >= 4 is 46.0 Å². The highest BCUT2D eigenvalue weighted by molar-refractivity contribution is 7.07. The fraction of sp³-hybridized carbons (Fsp3) is 0.261. The average Bonchev–Trinajstić information content (AvgIpc) is 3.36. The van der Waals surface area contributed by atoms with E-state index in [1.165, 1.54) is 0 Å². The largest absolute Gasteiger partial charge is 0.384 e. The second kappa shape index (κ2) is 8.50. The standard InChI is InChI=1S/C23H20Cl2N2O2S/c1-14-7-15(3-5-20(14)22(28)6-4-19-12-30-13-26-19)21-11-23(2,29-27-21)16-8-17(24)10-18(25)9-16/h3,5,7-10,12-13H,4,6,11H2,1-2H3. The fourth-order valence-electron chi connectivity index (χ4n) is 3.60. The van der Waals surface area contributed by atoms with Gasteiger partial charge in [0.2, 0.25) is 0 Å². The lowest BCUT2D eigenvalue weighted by molar-refractivity contribution is -0.00737. The molecule has 2 heterocycles. The van der Waals surface area contributed by atoms with Crippen LogP contribution in [0.4, 0.5) is 0 Å². The Labute approximate surface area is 189 Å². The molecule has 1 unspecified atom stereocenters. The van der Waals surface area contributed by atoms with Crippen LogP contribution in [0, 0.1) is 6.92 Å². The van der Waals surface area contributed by atoms with Crippen LogP contribution in [0.3, 0.4) is 0 Å². The van der Waals surface area contributed by atoms with Crippen molar-refractivity contribution in [2.24, 2.45) is 5.16 Å². The number of oxime groups is 1. The summed E-state index contributed by atoms with van der Waals surface area (Å²) in [4.78, 5) is 22.7. The molecule has 4 rings (SSSR count). The van der Waals surface area contributed by atoms with Gasteiger partial charge in [-0.25, -0.2) is 4.98 Å². The summed E-state index contributed by atoms with van der Waals surface area (Å²) in [5, 5.41) is 7.42. The van der Waals surface area contributed by atoms with Gasteiger partial charge in [-0.15, -0.1) is 11.3 Å². The summed E-state index contributed by atoms with van der Waals surface area (Å²) < 4.78 is 0. The summed E-state index contributed by atoms with van der Waals surface area (Å²) in [7, 11) is 0. The first kappa shape index (κ1) is 21.0. The third kappa shape index (κ3) is 4.43. The number of aryl methyl sites for hydroxylation is 2. The number of carbonyl (C=O) groups excluding carboxylic acids is 1. The zero-order valence-corrected chi connectivity index (χ0v) is 18.9. The second-order valence-corrected chi connectivity index (χ2v) is 9.22. The summed E-state index contributed by atoms with van der Waals surface area (Å²) in [6.07, 6.45) is 1.69. The minimum absolute atomic E-state index is 0.120. The minimum atomic E-state index is -0.639. The molecule has 0 N–H and O–H groups in total. The van der Waals surface area contributed by atoms with E-state index in [-0.39, 0.29) is 5.78 Å². The van der Waals surface area contributed by atoms with Gasteiger partial charge in [0.05, 0.1) is 16.9 Å². The molecule has 7 heteroatoms. The molecule has 154 valence electrons. The van der Waals surface area contributed by atoms with Crippen LogP contribution in [0.5, 0.6) is 0 Å². The summed E-state index contributed by atoms with van der Waals surface area (Å²) in [6, 6.07) is 11.2. The molecule has 0 radical (unpaired) electrons. The van der Waals surface area contributed by atoms with Crippen LogP contribution in [0.15, 0.2) is 52.4 Å². The van der Waals surface area contributed by atoms with Crippen LogP contribution < -0.4 is 0 Å². The van der Waals surface area contributed by atoms with Crippen molar-refractivity contribution in [3.8, 4) is 0 Å². The van der Waals surface area contributed by atoms with Crippen molar-refractivity contribution in [3.63, 3.8) is 0 Å². The van der Waals surface area contributed by atoms with E-state index in [1.54, 1.807) is 22.9 Å². The van der Waals surface area contributed by atoms with Crippen LogP contribution in [0.25, 0.3) is 0 Å². The van der Waals surface area contributed by atoms with Crippen LogP contribution in [-0.4, -0.2) is 16.5 Å². The van der Waals surface area contributed by atoms with Gasteiger partial charge in [-0.1, -0.05) is 40.5 Å². The van der Waals surface area contributed by atoms with Gasteiger partial charge in [-0.3, -0.25) is 4.79 Å². The fourth-order valence-corrected chi connectivity index (χ4v) is 4.72. The second-order valence-electron chi connectivity index (χ2n) is 7.63. The molecule has 1 atom stereocenters. The number of carbonyl (C=O) groups is 1. The monoisotopic (exact) mass is 458 g/mol. The molecule has 0 saturated carbocycles. The third-order valence-electron chi connectivity index (χ3n) is 5.29. The van der Waals surface area contributed by atoms with E-state index in [1.807, 2.05) is 49.6 Å². The van der Waals surface area contributed by atoms with E-state index < -0.39 is 5.60 Å². The van der Waals surface area contributed by atoms with Gasteiger partial charge >= 0.3 is 0 Å². The van der Waals surface area contributed by atoms with Gasteiger partial charge in [0.15, 0.2) is 11.4 Å². The topological polar surface area (TPSA) is 51.5 Å². The van der Waals surface area contributed by atoms with Crippen LogP contribution >= 0.6 is 34.5 Å². The number of hydrogen-bond donors (Lipinski definition) is 0. The third-order valence-corrected chi connectivity index (χ3v) is 6.36. The first-order valence-electron chi connectivity index (χ1n) is 9.57. The van der Waals surface area contributed by atoms with Gasteiger partial charge < -0.3 is 4.84 Å². The molecule has 0 aliphatic carbocycles. The highest BCUT2D eigenvalue weighted by Crippen LogP contribution is 2.38. The Hall–Kier alpha value is -2.21. The molecular weight excluding hydrogens is 439 g/mol. The van der Waals surface area contributed by atoms with Crippen LogP contribution in [0.2, 0.25) is 10.0 Å². The molecule has 30 heavy (non-hydrogen) atoms. The Morgan fingerprint density at radius 2 is 1.97 bits per heavy atom. The molecule has 1 aliphatic heterocycles. The van der Waals surface area contributed by atoms with Gasteiger partial charge in [0, 0.05) is 39.4 Å². The molecule has 3 aromatic rings. The summed E-state index contributed by atoms with van der Waals surface area (Å²) >= 11 is 13.9. The first-order chi connectivity index (χ1) is 14.3. The van der Waals surface area contributed by atoms with Crippen molar-refractivity contribution in [1.29, 1.82) is 0 Å². The Balaban J connectivity index is 1.48. The average molecular weight is 459 g/mol. The molecule has 0 fully saturated rings. The quantitative estimate of drug-likeness (QED) is 0.390. The maximum atomic E-state index is 12.6. The summed E-state index contributed by atoms with van der Waals surface area (Å²) in [5.74, 6) is 0.120. The highest BCUT2D eigenvalue weighted by Gasteiger charge is 2.37. The van der Waals surface area contributed by atoms with Crippen molar-refractivity contribution in [1.82, 2.24) is 4.98 Å². The molecule has 1 aliphatic rings. The molecule has 0 amide bonds. The van der Waals surface area contributed by atoms with E-state index >= 15 is 0 Å². The van der Waals surface area contributed by atoms with E-state index in [0.29, 0.717) is 29.3 Å². The van der Waals surface area contributed by atoms with Crippen molar-refractivity contribution in [2.75, 3.05) is 0 Å². The smallest absolute Gasteiger partial charge is 0.165 e. The Bertz CT molecular complexity index is 1110. The lowest BCUT2D eigenvalue weighted by Crippen LogP contribution is -2.22. The Morgan fingerprint density at radius 3 is 2.63 bits per heavy atom. The lowest BCUT2D eigenvalue weighted by atomic mass is 9.88. The number of aromatic nitrogens is 1. The summed E-state index contributed by atoms with van der Waals surface area (Å²) in [6.45, 7) is 3.92. The molecule has 1 aromatic heterocycles. The van der Waals surface area contributed by atoms with Gasteiger partial charge in [-0.2, -0.15) is 0 Å². The van der Waals surface area contributed by atoms with E-state index in [2.05, 4.69) is 10.1 Å². The number of halogens is 2. The number of Topliss-reactive ketones (excluding diaryl/α,β-unsaturated/α-hetero) is 1. The van der Waals surface area contributed by atoms with Crippen molar-refractivity contribution in [2.45, 2.75) is 38.7 Å². The van der Waals surface area contributed by atoms with Gasteiger partial charge in [-0.05, 0) is 55.7 Å². The zero-order chi connectivity index (χ0) is 21.3. The molecule has 0 spiro atoms. The van der Waals surface area contributed by atoms with Crippen molar-refractivity contribution in [3.05, 3.63) is 85.3 Å². The number of ketones is 1. The molecule has 0 bridgehead atoms. The predicted molar refractivity (Wildman–Crippen MR) is 122 cm³/mol.